The van der Waals surface area contributed by atoms with Gasteiger partial charge in [0.05, 0.1) is 16.5 Å². The van der Waals surface area contributed by atoms with Crippen LogP contribution in [0.15, 0.2) is 69.9 Å². The van der Waals surface area contributed by atoms with Gasteiger partial charge < -0.3 is 9.40 Å². The number of nitriles is 1. The van der Waals surface area contributed by atoms with Gasteiger partial charge in [-0.3, -0.25) is 4.79 Å². The third-order valence-corrected chi connectivity index (χ3v) is 4.21. The smallest absolute Gasteiger partial charge is 0.259 e. The number of aryl methyl sites for hydroxylation is 1. The van der Waals surface area contributed by atoms with Crippen molar-refractivity contribution in [3.05, 3.63) is 88.2 Å². The van der Waals surface area contributed by atoms with Crippen LogP contribution in [0.3, 0.4) is 0 Å². The lowest BCUT2D eigenvalue weighted by molar-refractivity contribution is 0.572. The minimum atomic E-state index is -0.277. The first-order valence-corrected chi connectivity index (χ1v) is 8.42. The van der Waals surface area contributed by atoms with E-state index in [1.54, 1.807) is 18.2 Å². The van der Waals surface area contributed by atoms with Gasteiger partial charge in [0, 0.05) is 11.6 Å². The Morgan fingerprint density at radius 3 is 2.74 bits per heavy atom. The highest BCUT2D eigenvalue weighted by Gasteiger charge is 2.10. The summed E-state index contributed by atoms with van der Waals surface area (Å²) in [6.07, 6.45) is 1.58. The summed E-state index contributed by atoms with van der Waals surface area (Å²) in [5.41, 5.74) is 2.44. The van der Waals surface area contributed by atoms with E-state index in [9.17, 15) is 10.1 Å². The highest BCUT2D eigenvalue weighted by atomic mass is 16.3. The molecule has 2 aromatic carbocycles. The van der Waals surface area contributed by atoms with Crippen LogP contribution in [0.4, 0.5) is 0 Å². The first-order valence-electron chi connectivity index (χ1n) is 8.42. The van der Waals surface area contributed by atoms with Crippen LogP contribution in [-0.2, 0) is 0 Å². The number of hydrogen-bond donors (Lipinski definition) is 1. The molecule has 0 aliphatic carbocycles. The SMILES string of the molecule is Cc1ccc2c(=O)[nH]c(C(C#N)=Cc3ccc(-c4ccccc4)o3)nc2c1. The molecular formula is C22H15N3O2. The van der Waals surface area contributed by atoms with Crippen molar-refractivity contribution in [1.82, 2.24) is 9.97 Å². The summed E-state index contributed by atoms with van der Waals surface area (Å²) in [5, 5.41) is 10.1. The Hall–Kier alpha value is -3.91. The summed E-state index contributed by atoms with van der Waals surface area (Å²) in [6.45, 7) is 1.93. The Bertz CT molecular complexity index is 1260. The molecule has 5 nitrogen and oxygen atoms in total. The molecule has 130 valence electrons. The van der Waals surface area contributed by atoms with Crippen LogP contribution >= 0.6 is 0 Å². The van der Waals surface area contributed by atoms with Crippen LogP contribution < -0.4 is 5.56 Å². The molecule has 0 radical (unpaired) electrons. The number of aromatic nitrogens is 2. The van der Waals surface area contributed by atoms with Crippen molar-refractivity contribution in [2.75, 3.05) is 0 Å². The Balaban J connectivity index is 1.77. The van der Waals surface area contributed by atoms with Crippen LogP contribution in [0.2, 0.25) is 0 Å². The lowest BCUT2D eigenvalue weighted by Gasteiger charge is -2.02. The topological polar surface area (TPSA) is 82.7 Å². The van der Waals surface area contributed by atoms with Crippen molar-refractivity contribution in [3.8, 4) is 17.4 Å². The van der Waals surface area contributed by atoms with Gasteiger partial charge in [-0.1, -0.05) is 36.4 Å². The highest BCUT2D eigenvalue weighted by Crippen LogP contribution is 2.24. The molecule has 0 bridgehead atoms. The number of benzene rings is 2. The fourth-order valence-corrected chi connectivity index (χ4v) is 2.86. The number of fused-ring (bicyclic) bond motifs is 1. The summed E-state index contributed by atoms with van der Waals surface area (Å²) in [6, 6.07) is 20.8. The van der Waals surface area contributed by atoms with Crippen LogP contribution in [0.5, 0.6) is 0 Å². The second-order valence-corrected chi connectivity index (χ2v) is 6.17. The third kappa shape index (κ3) is 3.29. The van der Waals surface area contributed by atoms with Gasteiger partial charge in [-0.25, -0.2) is 4.98 Å². The fraction of sp³-hybridized carbons (Fsp3) is 0.0455. The van der Waals surface area contributed by atoms with Crippen molar-refractivity contribution in [2.45, 2.75) is 6.92 Å². The van der Waals surface area contributed by atoms with Crippen LogP contribution in [0.25, 0.3) is 33.9 Å². The van der Waals surface area contributed by atoms with Crippen molar-refractivity contribution < 1.29 is 4.42 Å². The van der Waals surface area contributed by atoms with Gasteiger partial charge in [0.1, 0.15) is 17.6 Å². The molecule has 0 atom stereocenters. The van der Waals surface area contributed by atoms with Crippen LogP contribution in [0, 0.1) is 18.3 Å². The van der Waals surface area contributed by atoms with E-state index >= 15 is 0 Å². The molecule has 2 aromatic heterocycles. The fourth-order valence-electron chi connectivity index (χ4n) is 2.86. The normalized spacial score (nSPS) is 11.5. The first-order chi connectivity index (χ1) is 13.1. The number of rotatable bonds is 3. The van der Waals surface area contributed by atoms with Gasteiger partial charge in [-0.05, 0) is 36.8 Å². The van der Waals surface area contributed by atoms with Crippen LogP contribution in [0.1, 0.15) is 17.1 Å². The number of hydrogen-bond acceptors (Lipinski definition) is 4. The molecule has 0 aliphatic heterocycles. The first kappa shape index (κ1) is 16.6. The second-order valence-electron chi connectivity index (χ2n) is 6.17. The van der Waals surface area contributed by atoms with E-state index in [0.717, 1.165) is 11.1 Å². The number of aromatic amines is 1. The minimum absolute atomic E-state index is 0.221. The van der Waals surface area contributed by atoms with E-state index in [0.29, 0.717) is 22.4 Å². The van der Waals surface area contributed by atoms with E-state index in [1.807, 2.05) is 55.5 Å². The van der Waals surface area contributed by atoms with Gasteiger partial charge in [0.15, 0.2) is 5.82 Å². The predicted octanol–water partition coefficient (Wildman–Crippen LogP) is 4.56. The number of allylic oxidation sites excluding steroid dienone is 1. The molecule has 4 rings (SSSR count). The maximum atomic E-state index is 12.3. The zero-order chi connectivity index (χ0) is 18.8. The number of furan rings is 1. The van der Waals surface area contributed by atoms with E-state index in [4.69, 9.17) is 4.42 Å². The standard InChI is InChI=1S/C22H15N3O2/c1-14-7-9-18-19(11-14)24-21(25-22(18)26)16(13-23)12-17-8-10-20(27-17)15-5-3-2-4-6-15/h2-12H,1H3,(H,24,25,26). The largest absolute Gasteiger partial charge is 0.457 e. The summed E-state index contributed by atoms with van der Waals surface area (Å²) < 4.78 is 5.81. The average molecular weight is 353 g/mol. The number of H-pyrrole nitrogens is 1. The van der Waals surface area contributed by atoms with Crippen molar-refractivity contribution in [3.63, 3.8) is 0 Å². The minimum Gasteiger partial charge on any atom is -0.457 e. The molecule has 27 heavy (non-hydrogen) atoms. The lowest BCUT2D eigenvalue weighted by atomic mass is 10.1. The maximum Gasteiger partial charge on any atom is 0.259 e. The quantitative estimate of drug-likeness (QED) is 0.548. The summed E-state index contributed by atoms with van der Waals surface area (Å²) >= 11 is 0. The molecule has 0 aliphatic rings. The van der Waals surface area contributed by atoms with E-state index < -0.39 is 0 Å². The number of nitrogens with one attached hydrogen (secondary N) is 1. The van der Waals surface area contributed by atoms with Crippen molar-refractivity contribution >= 4 is 22.6 Å². The maximum absolute atomic E-state index is 12.3. The lowest BCUT2D eigenvalue weighted by Crippen LogP contribution is -2.11. The number of nitrogens with zero attached hydrogens (tertiary/aromatic N) is 2. The molecule has 0 saturated carbocycles. The molecule has 5 heteroatoms. The van der Waals surface area contributed by atoms with Crippen LogP contribution in [-0.4, -0.2) is 9.97 Å². The van der Waals surface area contributed by atoms with Crippen molar-refractivity contribution in [2.24, 2.45) is 0 Å². The predicted molar refractivity (Wildman–Crippen MR) is 105 cm³/mol. The molecule has 2 heterocycles. The molecule has 1 N–H and O–H groups in total. The van der Waals surface area contributed by atoms with Gasteiger partial charge >= 0.3 is 0 Å². The van der Waals surface area contributed by atoms with Gasteiger partial charge in [0.2, 0.25) is 0 Å². The van der Waals surface area contributed by atoms with E-state index in [2.05, 4.69) is 16.0 Å². The Morgan fingerprint density at radius 1 is 1.15 bits per heavy atom. The Morgan fingerprint density at radius 2 is 1.96 bits per heavy atom. The molecule has 0 amide bonds. The van der Waals surface area contributed by atoms with E-state index in [-0.39, 0.29) is 17.0 Å². The molecule has 0 saturated heterocycles. The van der Waals surface area contributed by atoms with Crippen molar-refractivity contribution in [1.29, 1.82) is 5.26 Å². The Labute approximate surface area is 155 Å². The zero-order valence-electron chi connectivity index (χ0n) is 14.6. The highest BCUT2D eigenvalue weighted by molar-refractivity contribution is 5.88. The molecular weight excluding hydrogens is 338 g/mol. The van der Waals surface area contributed by atoms with Gasteiger partial charge in [-0.15, -0.1) is 0 Å². The summed E-state index contributed by atoms with van der Waals surface area (Å²) in [7, 11) is 0. The Kier molecular flexibility index (Phi) is 4.15. The third-order valence-electron chi connectivity index (χ3n) is 4.21. The van der Waals surface area contributed by atoms with E-state index in [1.165, 1.54) is 0 Å². The second kappa shape index (κ2) is 6.77. The molecule has 0 unspecified atom stereocenters. The molecule has 0 spiro atoms. The van der Waals surface area contributed by atoms with Gasteiger partial charge in [0.25, 0.3) is 5.56 Å². The average Bonchev–Trinajstić information content (AvgIpc) is 3.15. The summed E-state index contributed by atoms with van der Waals surface area (Å²) in [4.78, 5) is 19.4. The molecule has 4 aromatic rings. The van der Waals surface area contributed by atoms with Gasteiger partial charge in [-0.2, -0.15) is 5.26 Å². The monoisotopic (exact) mass is 353 g/mol. The zero-order valence-corrected chi connectivity index (χ0v) is 14.6. The summed E-state index contributed by atoms with van der Waals surface area (Å²) in [5.74, 6) is 1.44. The molecule has 0 fully saturated rings.